The van der Waals surface area contributed by atoms with Crippen LogP contribution in [0.25, 0.3) is 16.9 Å². The number of halogens is 2. The van der Waals surface area contributed by atoms with Crippen LogP contribution in [0.2, 0.25) is 0 Å². The van der Waals surface area contributed by atoms with Crippen LogP contribution >= 0.6 is 0 Å². The normalized spacial score (nSPS) is 13.3. The predicted octanol–water partition coefficient (Wildman–Crippen LogP) is 5.43. The first-order valence-corrected chi connectivity index (χ1v) is 13.9. The summed E-state index contributed by atoms with van der Waals surface area (Å²) in [7, 11) is 0. The number of urea groups is 1. The zero-order valence-corrected chi connectivity index (χ0v) is 23.7. The molecule has 0 saturated carbocycles. The number of pyridine rings is 1. The summed E-state index contributed by atoms with van der Waals surface area (Å²) in [6.07, 6.45) is 8.31. The van der Waals surface area contributed by atoms with Gasteiger partial charge in [0.1, 0.15) is 5.75 Å². The van der Waals surface area contributed by atoms with Crippen molar-refractivity contribution in [2.24, 2.45) is 0 Å². The van der Waals surface area contributed by atoms with Crippen molar-refractivity contribution in [1.29, 1.82) is 0 Å². The number of ether oxygens (including phenoxy) is 1. The van der Waals surface area contributed by atoms with Crippen LogP contribution in [-0.2, 0) is 0 Å². The molecule has 44 heavy (non-hydrogen) atoms. The molecule has 4 heterocycles. The molecule has 0 aliphatic carbocycles. The van der Waals surface area contributed by atoms with Crippen molar-refractivity contribution in [2.45, 2.75) is 13.5 Å². The zero-order chi connectivity index (χ0) is 30.6. The van der Waals surface area contributed by atoms with Crippen molar-refractivity contribution in [3.8, 4) is 17.0 Å². The molecule has 11 nitrogen and oxygen atoms in total. The number of benzene rings is 2. The molecule has 1 aliphatic heterocycles. The molecule has 224 valence electrons. The van der Waals surface area contributed by atoms with Gasteiger partial charge in [-0.2, -0.15) is 8.78 Å². The molecule has 2 aromatic carbocycles. The summed E-state index contributed by atoms with van der Waals surface area (Å²) in [6, 6.07) is 15.0. The molecule has 0 atom stereocenters. The number of rotatable bonds is 7. The van der Waals surface area contributed by atoms with Crippen LogP contribution in [0, 0.1) is 6.92 Å². The minimum Gasteiger partial charge on any atom is -0.435 e. The van der Waals surface area contributed by atoms with Crippen molar-refractivity contribution in [2.75, 3.05) is 36.8 Å². The monoisotopic (exact) mass is 598 g/mol. The minimum absolute atomic E-state index is 0.0745. The van der Waals surface area contributed by atoms with Crippen molar-refractivity contribution >= 4 is 34.8 Å². The summed E-state index contributed by atoms with van der Waals surface area (Å²) in [5.74, 6) is 0.493. The van der Waals surface area contributed by atoms with E-state index in [9.17, 15) is 18.4 Å². The molecule has 13 heteroatoms. The van der Waals surface area contributed by atoms with Crippen molar-refractivity contribution in [3.63, 3.8) is 0 Å². The Labute approximate surface area is 251 Å². The molecule has 5 aromatic rings. The van der Waals surface area contributed by atoms with E-state index >= 15 is 0 Å². The van der Waals surface area contributed by atoms with E-state index < -0.39 is 6.61 Å². The molecule has 3 amide bonds. The molecule has 3 aromatic heterocycles. The molecule has 6 rings (SSSR count). The summed E-state index contributed by atoms with van der Waals surface area (Å²) in [6.45, 7) is 0.700. The standard InChI is InChI=1S/C31H28F2N8O3/c1-20-18-23(4-7-25(20)29(42)39-14-16-40(17-15-39)31(43)38-22-8-10-34-11-9-22)37-27-28-36-19-26(41(28)13-12-35-27)21-2-5-24(6-3-21)44-30(32)33/h2-13,18-19,30H,14-17H2,1H3,(H,35,37)(H,34,38,43). The predicted molar refractivity (Wildman–Crippen MR) is 160 cm³/mol. The zero-order valence-electron chi connectivity index (χ0n) is 23.7. The Morgan fingerprint density at radius 2 is 1.61 bits per heavy atom. The largest absolute Gasteiger partial charge is 0.435 e. The maximum absolute atomic E-state index is 13.4. The fraction of sp³-hybridized carbons (Fsp3) is 0.194. The van der Waals surface area contributed by atoms with Crippen LogP contribution in [0.5, 0.6) is 5.75 Å². The lowest BCUT2D eigenvalue weighted by molar-refractivity contribution is -0.0498. The molecule has 1 fully saturated rings. The van der Waals surface area contributed by atoms with Crippen LogP contribution in [-0.4, -0.2) is 73.9 Å². The second-order valence-corrected chi connectivity index (χ2v) is 10.1. The molecule has 0 radical (unpaired) electrons. The van der Waals surface area contributed by atoms with Gasteiger partial charge < -0.3 is 25.2 Å². The van der Waals surface area contributed by atoms with Gasteiger partial charge in [-0.1, -0.05) is 0 Å². The van der Waals surface area contributed by atoms with E-state index in [2.05, 4.69) is 30.3 Å². The van der Waals surface area contributed by atoms with Crippen LogP contribution in [0.4, 0.5) is 30.8 Å². The van der Waals surface area contributed by atoms with Gasteiger partial charge in [0.05, 0.1) is 11.9 Å². The lowest BCUT2D eigenvalue weighted by Crippen LogP contribution is -2.51. The van der Waals surface area contributed by atoms with E-state index in [1.807, 2.05) is 23.5 Å². The number of fused-ring (bicyclic) bond motifs is 1. The van der Waals surface area contributed by atoms with Crippen molar-refractivity contribution < 1.29 is 23.1 Å². The number of nitrogens with one attached hydrogen (secondary N) is 2. The molecule has 0 unspecified atom stereocenters. The number of aryl methyl sites for hydroxylation is 1. The highest BCUT2D eigenvalue weighted by molar-refractivity contribution is 5.96. The van der Waals surface area contributed by atoms with Gasteiger partial charge in [0.25, 0.3) is 5.91 Å². The van der Waals surface area contributed by atoms with Gasteiger partial charge in [-0.3, -0.25) is 14.2 Å². The van der Waals surface area contributed by atoms with E-state index in [-0.39, 0.29) is 17.7 Å². The number of nitrogens with zero attached hydrogens (tertiary/aromatic N) is 6. The van der Waals surface area contributed by atoms with Gasteiger partial charge in [0, 0.05) is 73.5 Å². The topological polar surface area (TPSA) is 117 Å². The first-order chi connectivity index (χ1) is 21.4. The highest BCUT2D eigenvalue weighted by Crippen LogP contribution is 2.28. The summed E-state index contributed by atoms with van der Waals surface area (Å²) in [5.41, 5.74) is 4.86. The third-order valence-corrected chi connectivity index (χ3v) is 7.31. The van der Waals surface area contributed by atoms with Crippen LogP contribution < -0.4 is 15.4 Å². The summed E-state index contributed by atoms with van der Waals surface area (Å²) >= 11 is 0. The Morgan fingerprint density at radius 1 is 0.886 bits per heavy atom. The number of hydrogen-bond donors (Lipinski definition) is 2. The minimum atomic E-state index is -2.89. The van der Waals surface area contributed by atoms with Gasteiger partial charge in [0.15, 0.2) is 11.5 Å². The smallest absolute Gasteiger partial charge is 0.387 e. The van der Waals surface area contributed by atoms with E-state index in [4.69, 9.17) is 0 Å². The Morgan fingerprint density at radius 3 is 2.32 bits per heavy atom. The van der Waals surface area contributed by atoms with Crippen LogP contribution in [0.1, 0.15) is 15.9 Å². The number of alkyl halides is 2. The summed E-state index contributed by atoms with van der Waals surface area (Å²) in [4.78, 5) is 42.3. The molecule has 2 N–H and O–H groups in total. The van der Waals surface area contributed by atoms with Gasteiger partial charge in [-0.05, 0) is 67.1 Å². The quantitative estimate of drug-likeness (QED) is 0.256. The first-order valence-electron chi connectivity index (χ1n) is 13.9. The molecular formula is C31H28F2N8O3. The highest BCUT2D eigenvalue weighted by atomic mass is 19.3. The van der Waals surface area contributed by atoms with Crippen LogP contribution in [0.15, 0.2) is 85.6 Å². The summed E-state index contributed by atoms with van der Waals surface area (Å²) in [5, 5.41) is 6.14. The number of imidazole rings is 1. The van der Waals surface area contributed by atoms with Gasteiger partial charge in [-0.25, -0.2) is 14.8 Å². The Hall–Kier alpha value is -5.59. The number of anilines is 3. The molecule has 0 spiro atoms. The third kappa shape index (κ3) is 6.11. The van der Waals surface area contributed by atoms with E-state index in [1.165, 1.54) is 12.1 Å². The number of hydrogen-bond acceptors (Lipinski definition) is 7. The Balaban J connectivity index is 1.11. The van der Waals surface area contributed by atoms with Gasteiger partial charge in [0.2, 0.25) is 0 Å². The molecular weight excluding hydrogens is 570 g/mol. The maximum Gasteiger partial charge on any atom is 0.387 e. The number of piperazine rings is 1. The number of aromatic nitrogens is 4. The second kappa shape index (κ2) is 12.3. The van der Waals surface area contributed by atoms with Crippen molar-refractivity contribution in [3.05, 3.63) is 96.7 Å². The average Bonchev–Trinajstić information content (AvgIpc) is 3.47. The molecule has 1 saturated heterocycles. The number of carbonyl (C=O) groups excluding carboxylic acids is 2. The Kier molecular flexibility index (Phi) is 8.00. The third-order valence-electron chi connectivity index (χ3n) is 7.31. The lowest BCUT2D eigenvalue weighted by atomic mass is 10.1. The highest BCUT2D eigenvalue weighted by Gasteiger charge is 2.26. The molecule has 1 aliphatic rings. The first kappa shape index (κ1) is 28.5. The Bertz CT molecular complexity index is 1790. The fourth-order valence-corrected chi connectivity index (χ4v) is 5.07. The fourth-order valence-electron chi connectivity index (χ4n) is 5.07. The SMILES string of the molecule is Cc1cc(Nc2nccn3c(-c4ccc(OC(F)F)cc4)cnc23)ccc1C(=O)N1CCN(C(=O)Nc2ccncc2)CC1. The second-order valence-electron chi connectivity index (χ2n) is 10.1. The summed E-state index contributed by atoms with van der Waals surface area (Å²) < 4.78 is 31.3. The van der Waals surface area contributed by atoms with Gasteiger partial charge >= 0.3 is 12.6 Å². The maximum atomic E-state index is 13.4. The number of amides is 3. The van der Waals surface area contributed by atoms with Crippen LogP contribution in [0.3, 0.4) is 0 Å². The van der Waals surface area contributed by atoms with E-state index in [0.717, 1.165) is 22.5 Å². The number of carbonyl (C=O) groups is 2. The van der Waals surface area contributed by atoms with E-state index in [1.54, 1.807) is 71.1 Å². The lowest BCUT2D eigenvalue weighted by Gasteiger charge is -2.35. The van der Waals surface area contributed by atoms with E-state index in [0.29, 0.717) is 48.9 Å². The molecule has 0 bridgehead atoms. The van der Waals surface area contributed by atoms with Gasteiger partial charge in [-0.15, -0.1) is 0 Å². The average molecular weight is 599 g/mol. The van der Waals surface area contributed by atoms with Crippen molar-refractivity contribution in [1.82, 2.24) is 29.2 Å².